The average Bonchev–Trinajstić information content (AvgIpc) is 3.22. The van der Waals surface area contributed by atoms with Crippen molar-refractivity contribution in [3.8, 4) is 0 Å². The van der Waals surface area contributed by atoms with Crippen molar-refractivity contribution in [1.29, 1.82) is 0 Å². The normalized spacial score (nSPS) is 18.6. The fourth-order valence-electron chi connectivity index (χ4n) is 2.23. The molecule has 1 N–H and O–H groups in total. The van der Waals surface area contributed by atoms with Gasteiger partial charge in [0.2, 0.25) is 0 Å². The summed E-state index contributed by atoms with van der Waals surface area (Å²) in [6, 6.07) is 5.27. The molecule has 2 unspecified atom stereocenters. The van der Waals surface area contributed by atoms with Crippen LogP contribution in [0.1, 0.15) is 38.3 Å². The lowest BCUT2D eigenvalue weighted by Gasteiger charge is -2.26. The Morgan fingerprint density at radius 3 is 2.53 bits per heavy atom. The lowest BCUT2D eigenvalue weighted by atomic mass is 10.1. The highest BCUT2D eigenvalue weighted by Gasteiger charge is 2.29. The molecule has 1 aromatic rings. The van der Waals surface area contributed by atoms with Gasteiger partial charge < -0.3 is 5.32 Å². The minimum absolute atomic E-state index is 0.0187. The van der Waals surface area contributed by atoms with Crippen LogP contribution in [0.2, 0.25) is 0 Å². The number of hydrogen-bond acceptors (Lipinski definition) is 2. The third-order valence-corrected chi connectivity index (χ3v) is 3.98. The SMILES string of the molecule is CC(NCC(C)N(C)C1CC1)c1ccc(F)c(F)c1. The highest BCUT2D eigenvalue weighted by Crippen LogP contribution is 2.27. The maximum Gasteiger partial charge on any atom is 0.159 e. The zero-order chi connectivity index (χ0) is 14.0. The maximum absolute atomic E-state index is 13.2. The Bertz CT molecular complexity index is 432. The molecule has 0 aromatic heterocycles. The van der Waals surface area contributed by atoms with Crippen LogP contribution in [0.15, 0.2) is 18.2 Å². The van der Waals surface area contributed by atoms with Crippen molar-refractivity contribution in [1.82, 2.24) is 10.2 Å². The molecule has 0 radical (unpaired) electrons. The van der Waals surface area contributed by atoms with E-state index >= 15 is 0 Å². The minimum atomic E-state index is -0.794. The van der Waals surface area contributed by atoms with Gasteiger partial charge in [-0.05, 0) is 51.4 Å². The first-order valence-corrected chi connectivity index (χ1v) is 6.89. The summed E-state index contributed by atoms with van der Waals surface area (Å²) in [5.41, 5.74) is 0.778. The average molecular weight is 268 g/mol. The van der Waals surface area contributed by atoms with Crippen molar-refractivity contribution in [2.75, 3.05) is 13.6 Å². The second-order valence-electron chi connectivity index (χ2n) is 5.55. The van der Waals surface area contributed by atoms with Crippen LogP contribution in [0, 0.1) is 11.6 Å². The van der Waals surface area contributed by atoms with E-state index < -0.39 is 11.6 Å². The number of likely N-dealkylation sites (N-methyl/N-ethyl adjacent to an activating group) is 1. The van der Waals surface area contributed by atoms with Gasteiger partial charge in [0, 0.05) is 24.7 Å². The van der Waals surface area contributed by atoms with E-state index in [-0.39, 0.29) is 6.04 Å². The third-order valence-electron chi connectivity index (χ3n) is 3.98. The second kappa shape index (κ2) is 5.97. The Labute approximate surface area is 113 Å². The molecular formula is C15H22F2N2. The monoisotopic (exact) mass is 268 g/mol. The fraction of sp³-hybridized carbons (Fsp3) is 0.600. The Morgan fingerprint density at radius 1 is 1.26 bits per heavy atom. The third kappa shape index (κ3) is 3.74. The van der Waals surface area contributed by atoms with Crippen LogP contribution in [0.5, 0.6) is 0 Å². The molecule has 1 aromatic carbocycles. The molecule has 0 amide bonds. The van der Waals surface area contributed by atoms with Crippen LogP contribution >= 0.6 is 0 Å². The summed E-state index contributed by atoms with van der Waals surface area (Å²) < 4.78 is 26.0. The van der Waals surface area contributed by atoms with E-state index in [2.05, 4.69) is 24.2 Å². The predicted molar refractivity (Wildman–Crippen MR) is 73.0 cm³/mol. The Balaban J connectivity index is 1.86. The van der Waals surface area contributed by atoms with Gasteiger partial charge in [0.1, 0.15) is 0 Å². The fourth-order valence-corrected chi connectivity index (χ4v) is 2.23. The molecule has 0 heterocycles. The lowest BCUT2D eigenvalue weighted by Crippen LogP contribution is -2.39. The molecule has 1 aliphatic rings. The van der Waals surface area contributed by atoms with E-state index in [0.29, 0.717) is 6.04 Å². The molecule has 2 nitrogen and oxygen atoms in total. The molecule has 0 bridgehead atoms. The first-order valence-electron chi connectivity index (χ1n) is 6.89. The standard InChI is InChI=1S/C15H22F2N2/c1-10(19(3)13-5-6-13)9-18-11(2)12-4-7-14(16)15(17)8-12/h4,7-8,10-11,13,18H,5-6,9H2,1-3H3. The zero-order valence-electron chi connectivity index (χ0n) is 11.8. The predicted octanol–water partition coefficient (Wildman–Crippen LogP) is 3.10. The Hall–Kier alpha value is -1.00. The number of rotatable bonds is 6. The molecule has 4 heteroatoms. The van der Waals surface area contributed by atoms with Gasteiger partial charge in [0.15, 0.2) is 11.6 Å². The summed E-state index contributed by atoms with van der Waals surface area (Å²) in [4.78, 5) is 2.38. The lowest BCUT2D eigenvalue weighted by molar-refractivity contribution is 0.237. The topological polar surface area (TPSA) is 15.3 Å². The summed E-state index contributed by atoms with van der Waals surface area (Å²) in [5, 5.41) is 3.38. The number of hydrogen-bond donors (Lipinski definition) is 1. The molecule has 0 aliphatic heterocycles. The Kier molecular flexibility index (Phi) is 4.53. The first kappa shape index (κ1) is 14.4. The van der Waals surface area contributed by atoms with E-state index in [1.165, 1.54) is 25.0 Å². The van der Waals surface area contributed by atoms with E-state index in [1.807, 2.05) is 6.92 Å². The van der Waals surface area contributed by atoms with Crippen LogP contribution in [-0.2, 0) is 0 Å². The number of nitrogens with one attached hydrogen (secondary N) is 1. The molecule has 106 valence electrons. The molecule has 1 fully saturated rings. The molecule has 1 aliphatic carbocycles. The smallest absolute Gasteiger partial charge is 0.159 e. The van der Waals surface area contributed by atoms with Crippen LogP contribution in [0.4, 0.5) is 8.78 Å². The van der Waals surface area contributed by atoms with Crippen LogP contribution < -0.4 is 5.32 Å². The van der Waals surface area contributed by atoms with Gasteiger partial charge in [0.25, 0.3) is 0 Å². The van der Waals surface area contributed by atoms with Crippen molar-refractivity contribution in [3.63, 3.8) is 0 Å². The van der Waals surface area contributed by atoms with Crippen molar-refractivity contribution in [2.24, 2.45) is 0 Å². The Morgan fingerprint density at radius 2 is 1.95 bits per heavy atom. The van der Waals surface area contributed by atoms with Crippen molar-refractivity contribution in [2.45, 2.75) is 44.8 Å². The van der Waals surface area contributed by atoms with E-state index in [9.17, 15) is 8.78 Å². The van der Waals surface area contributed by atoms with Crippen molar-refractivity contribution < 1.29 is 8.78 Å². The van der Waals surface area contributed by atoms with Crippen molar-refractivity contribution >= 4 is 0 Å². The molecule has 2 rings (SSSR count). The molecule has 0 spiro atoms. The summed E-state index contributed by atoms with van der Waals surface area (Å²) in [7, 11) is 2.15. The summed E-state index contributed by atoms with van der Waals surface area (Å²) in [6.07, 6.45) is 2.58. The van der Waals surface area contributed by atoms with Gasteiger partial charge in [-0.15, -0.1) is 0 Å². The highest BCUT2D eigenvalue weighted by atomic mass is 19.2. The van der Waals surface area contributed by atoms with Crippen molar-refractivity contribution in [3.05, 3.63) is 35.4 Å². The van der Waals surface area contributed by atoms with Crippen LogP contribution in [0.3, 0.4) is 0 Å². The number of halogens is 2. The molecule has 19 heavy (non-hydrogen) atoms. The second-order valence-corrected chi connectivity index (χ2v) is 5.55. The quantitative estimate of drug-likeness (QED) is 0.853. The van der Waals surface area contributed by atoms with Gasteiger partial charge in [-0.3, -0.25) is 4.90 Å². The van der Waals surface area contributed by atoms with Gasteiger partial charge >= 0.3 is 0 Å². The minimum Gasteiger partial charge on any atom is -0.309 e. The van der Waals surface area contributed by atoms with E-state index in [1.54, 1.807) is 6.07 Å². The summed E-state index contributed by atoms with van der Waals surface area (Å²) in [6.45, 7) is 4.99. The number of benzene rings is 1. The summed E-state index contributed by atoms with van der Waals surface area (Å²) >= 11 is 0. The zero-order valence-corrected chi connectivity index (χ0v) is 11.8. The molecule has 1 saturated carbocycles. The van der Waals surface area contributed by atoms with Crippen LogP contribution in [-0.4, -0.2) is 30.6 Å². The number of nitrogens with zero attached hydrogens (tertiary/aromatic N) is 1. The summed E-state index contributed by atoms with van der Waals surface area (Å²) in [5.74, 6) is -1.58. The van der Waals surface area contributed by atoms with Gasteiger partial charge in [-0.25, -0.2) is 8.78 Å². The van der Waals surface area contributed by atoms with Gasteiger partial charge in [0.05, 0.1) is 0 Å². The van der Waals surface area contributed by atoms with E-state index in [0.717, 1.165) is 18.2 Å². The molecule has 0 saturated heterocycles. The first-order chi connectivity index (χ1) is 8.99. The maximum atomic E-state index is 13.2. The highest BCUT2D eigenvalue weighted by molar-refractivity contribution is 5.20. The van der Waals surface area contributed by atoms with Crippen LogP contribution in [0.25, 0.3) is 0 Å². The van der Waals surface area contributed by atoms with Gasteiger partial charge in [-0.2, -0.15) is 0 Å². The largest absolute Gasteiger partial charge is 0.309 e. The van der Waals surface area contributed by atoms with Gasteiger partial charge in [-0.1, -0.05) is 6.07 Å². The molecule has 2 atom stereocenters. The molecular weight excluding hydrogens is 246 g/mol. The van der Waals surface area contributed by atoms with E-state index in [4.69, 9.17) is 0 Å².